The molecule has 1 saturated carbocycles. The summed E-state index contributed by atoms with van der Waals surface area (Å²) < 4.78 is 2.17. The Labute approximate surface area is 98.0 Å². The molecule has 0 bridgehead atoms. The summed E-state index contributed by atoms with van der Waals surface area (Å²) in [5.41, 5.74) is 6.96. The third kappa shape index (κ3) is 2.46. The molecule has 1 aromatic rings. The van der Waals surface area contributed by atoms with Crippen LogP contribution in [0.4, 0.5) is 0 Å². The van der Waals surface area contributed by atoms with Crippen LogP contribution in [0, 0.1) is 5.92 Å². The van der Waals surface area contributed by atoms with Gasteiger partial charge in [-0.1, -0.05) is 13.8 Å². The summed E-state index contributed by atoms with van der Waals surface area (Å²) in [6.45, 7) is 5.26. The molecule has 1 heterocycles. The van der Waals surface area contributed by atoms with Gasteiger partial charge in [0.2, 0.25) is 0 Å². The second kappa shape index (κ2) is 5.00. The lowest BCUT2D eigenvalue weighted by Gasteiger charge is -2.11. The smallest absolute Gasteiger partial charge is 0.0524 e. The molecule has 3 nitrogen and oxygen atoms in total. The highest BCUT2D eigenvalue weighted by Gasteiger charge is 2.25. The molecule has 1 aliphatic carbocycles. The molecule has 0 amide bonds. The van der Waals surface area contributed by atoms with Gasteiger partial charge in [-0.05, 0) is 49.6 Å². The highest BCUT2D eigenvalue weighted by Crippen LogP contribution is 2.36. The van der Waals surface area contributed by atoms with E-state index in [1.807, 2.05) is 6.20 Å². The lowest BCUT2D eigenvalue weighted by atomic mass is 10.0. The van der Waals surface area contributed by atoms with E-state index in [4.69, 9.17) is 5.73 Å². The predicted molar refractivity (Wildman–Crippen MR) is 66.4 cm³/mol. The van der Waals surface area contributed by atoms with Gasteiger partial charge in [0.25, 0.3) is 0 Å². The lowest BCUT2D eigenvalue weighted by Crippen LogP contribution is -2.08. The van der Waals surface area contributed by atoms with Crippen LogP contribution >= 0.6 is 0 Å². The zero-order valence-corrected chi connectivity index (χ0v) is 10.4. The molecular weight excluding hydrogens is 198 g/mol. The first kappa shape index (κ1) is 11.6. The van der Waals surface area contributed by atoms with Crippen LogP contribution in [0.1, 0.15) is 57.1 Å². The summed E-state index contributed by atoms with van der Waals surface area (Å²) in [5.74, 6) is 1.40. The van der Waals surface area contributed by atoms with Crippen LogP contribution in [0.5, 0.6) is 0 Å². The van der Waals surface area contributed by atoms with Gasteiger partial charge >= 0.3 is 0 Å². The Morgan fingerprint density at radius 3 is 2.94 bits per heavy atom. The molecule has 0 aromatic carbocycles. The maximum absolute atomic E-state index is 5.61. The van der Waals surface area contributed by atoms with Crippen molar-refractivity contribution in [2.45, 2.75) is 51.5 Å². The predicted octanol–water partition coefficient (Wildman–Crippen LogP) is 2.70. The second-order valence-electron chi connectivity index (χ2n) is 5.32. The Hall–Kier alpha value is -0.830. The second-order valence-corrected chi connectivity index (χ2v) is 5.32. The Balaban J connectivity index is 1.97. The van der Waals surface area contributed by atoms with Gasteiger partial charge in [0.15, 0.2) is 0 Å². The first-order valence-corrected chi connectivity index (χ1v) is 6.44. The number of hydrogen-bond acceptors (Lipinski definition) is 2. The van der Waals surface area contributed by atoms with Gasteiger partial charge in [-0.25, -0.2) is 0 Å². The maximum Gasteiger partial charge on any atom is 0.0524 e. The van der Waals surface area contributed by atoms with E-state index in [1.165, 1.54) is 31.2 Å². The molecular formula is C13H23N3. The van der Waals surface area contributed by atoms with Gasteiger partial charge in [-0.3, -0.25) is 4.68 Å². The Kier molecular flexibility index (Phi) is 3.64. The van der Waals surface area contributed by atoms with Crippen LogP contribution in [-0.2, 0) is 0 Å². The van der Waals surface area contributed by atoms with Gasteiger partial charge < -0.3 is 5.73 Å². The molecule has 90 valence electrons. The fraction of sp³-hybridized carbons (Fsp3) is 0.769. The van der Waals surface area contributed by atoms with Crippen LogP contribution < -0.4 is 5.73 Å². The van der Waals surface area contributed by atoms with E-state index in [1.54, 1.807) is 0 Å². The topological polar surface area (TPSA) is 43.8 Å². The molecule has 1 aromatic heterocycles. The number of nitrogens with two attached hydrogens (primary N) is 1. The number of nitrogens with zero attached hydrogens (tertiary/aromatic N) is 2. The van der Waals surface area contributed by atoms with Gasteiger partial charge in [-0.15, -0.1) is 0 Å². The van der Waals surface area contributed by atoms with E-state index in [2.05, 4.69) is 29.8 Å². The van der Waals surface area contributed by atoms with Gasteiger partial charge in [0.05, 0.1) is 12.2 Å². The monoisotopic (exact) mass is 221 g/mol. The van der Waals surface area contributed by atoms with Crippen molar-refractivity contribution in [3.63, 3.8) is 0 Å². The van der Waals surface area contributed by atoms with Crippen molar-refractivity contribution in [3.05, 3.63) is 18.0 Å². The summed E-state index contributed by atoms with van der Waals surface area (Å²) in [7, 11) is 0. The Morgan fingerprint density at radius 2 is 2.31 bits per heavy atom. The molecule has 2 atom stereocenters. The van der Waals surface area contributed by atoms with Crippen LogP contribution in [0.15, 0.2) is 12.4 Å². The fourth-order valence-electron chi connectivity index (χ4n) is 2.64. The minimum absolute atomic E-state index is 0.579. The van der Waals surface area contributed by atoms with Crippen LogP contribution in [0.2, 0.25) is 0 Å². The minimum Gasteiger partial charge on any atom is -0.330 e. The summed E-state index contributed by atoms with van der Waals surface area (Å²) in [4.78, 5) is 0. The molecule has 0 radical (unpaired) electrons. The first-order chi connectivity index (χ1) is 7.70. The molecule has 2 unspecified atom stereocenters. The average Bonchev–Trinajstić information content (AvgIpc) is 2.84. The van der Waals surface area contributed by atoms with Crippen molar-refractivity contribution >= 4 is 0 Å². The fourth-order valence-corrected chi connectivity index (χ4v) is 2.64. The summed E-state index contributed by atoms with van der Waals surface area (Å²) in [6.07, 6.45) is 9.26. The van der Waals surface area contributed by atoms with Crippen molar-refractivity contribution in [2.75, 3.05) is 6.54 Å². The van der Waals surface area contributed by atoms with E-state index in [-0.39, 0.29) is 0 Å². The number of hydrogen-bond donors (Lipinski definition) is 1. The molecule has 0 aliphatic heterocycles. The van der Waals surface area contributed by atoms with E-state index in [9.17, 15) is 0 Å². The Morgan fingerprint density at radius 1 is 1.50 bits per heavy atom. The number of aromatic nitrogens is 2. The molecule has 1 aliphatic rings. The quantitative estimate of drug-likeness (QED) is 0.849. The largest absolute Gasteiger partial charge is 0.330 e. The van der Waals surface area contributed by atoms with Gasteiger partial charge in [0.1, 0.15) is 0 Å². The van der Waals surface area contributed by atoms with E-state index in [0.717, 1.165) is 12.5 Å². The van der Waals surface area contributed by atoms with E-state index < -0.39 is 0 Å². The zero-order chi connectivity index (χ0) is 11.5. The SMILES string of the molecule is CC(C)c1cnn(C2CCC(CCN)C2)c1. The van der Waals surface area contributed by atoms with E-state index >= 15 is 0 Å². The van der Waals surface area contributed by atoms with Crippen LogP contribution in [0.25, 0.3) is 0 Å². The Bertz CT molecular complexity index is 330. The summed E-state index contributed by atoms with van der Waals surface area (Å²) in [6, 6.07) is 0.615. The minimum atomic E-state index is 0.579. The first-order valence-electron chi connectivity index (χ1n) is 6.44. The summed E-state index contributed by atoms with van der Waals surface area (Å²) in [5, 5.41) is 4.50. The molecule has 2 rings (SSSR count). The van der Waals surface area contributed by atoms with Crippen molar-refractivity contribution in [2.24, 2.45) is 11.7 Å². The summed E-state index contributed by atoms with van der Waals surface area (Å²) >= 11 is 0. The van der Waals surface area contributed by atoms with Crippen molar-refractivity contribution in [3.8, 4) is 0 Å². The highest BCUT2D eigenvalue weighted by molar-refractivity contribution is 5.09. The maximum atomic E-state index is 5.61. The lowest BCUT2D eigenvalue weighted by molar-refractivity contribution is 0.430. The molecule has 3 heteroatoms. The van der Waals surface area contributed by atoms with Crippen LogP contribution in [-0.4, -0.2) is 16.3 Å². The van der Waals surface area contributed by atoms with Gasteiger partial charge in [-0.2, -0.15) is 5.10 Å². The molecule has 0 saturated heterocycles. The molecule has 0 spiro atoms. The van der Waals surface area contributed by atoms with Crippen molar-refractivity contribution < 1.29 is 0 Å². The van der Waals surface area contributed by atoms with Crippen molar-refractivity contribution in [1.29, 1.82) is 0 Å². The van der Waals surface area contributed by atoms with Crippen molar-refractivity contribution in [1.82, 2.24) is 9.78 Å². The molecule has 16 heavy (non-hydrogen) atoms. The average molecular weight is 221 g/mol. The van der Waals surface area contributed by atoms with E-state index in [0.29, 0.717) is 12.0 Å². The zero-order valence-electron chi connectivity index (χ0n) is 10.4. The molecule has 1 fully saturated rings. The third-order valence-electron chi connectivity index (χ3n) is 3.75. The normalized spacial score (nSPS) is 25.5. The highest BCUT2D eigenvalue weighted by atomic mass is 15.3. The molecule has 2 N–H and O–H groups in total. The number of rotatable bonds is 4. The third-order valence-corrected chi connectivity index (χ3v) is 3.75. The standard InChI is InChI=1S/C13H23N3/c1-10(2)12-8-15-16(9-12)13-4-3-11(7-13)5-6-14/h8-11,13H,3-7,14H2,1-2H3. The van der Waals surface area contributed by atoms with Gasteiger partial charge in [0, 0.05) is 6.20 Å². The van der Waals surface area contributed by atoms with Crippen LogP contribution in [0.3, 0.4) is 0 Å².